The Kier molecular flexibility index (Phi) is 2.07. The number of halogens is 3. The van der Waals surface area contributed by atoms with Crippen molar-refractivity contribution in [2.24, 2.45) is 0 Å². The van der Waals surface area contributed by atoms with Gasteiger partial charge in [0.25, 0.3) is 0 Å². The largest absolute Gasteiger partial charge is 0.204 e. The quantitative estimate of drug-likeness (QED) is 0.709. The topological polar surface area (TPSA) is 23.8 Å². The molecule has 2 rings (SSSR count). The van der Waals surface area contributed by atoms with Crippen molar-refractivity contribution in [2.45, 2.75) is 18.3 Å². The predicted octanol–water partition coefficient (Wildman–Crippen LogP) is 3.28. The van der Waals surface area contributed by atoms with Crippen LogP contribution in [0, 0.1) is 23.0 Å². The lowest BCUT2D eigenvalue weighted by molar-refractivity contribution is 0.493. The van der Waals surface area contributed by atoms with Gasteiger partial charge >= 0.3 is 0 Å². The molecule has 0 N–H and O–H groups in total. The highest BCUT2D eigenvalue weighted by atomic mass is 79.9. The highest BCUT2D eigenvalue weighted by Crippen LogP contribution is 2.49. The van der Waals surface area contributed by atoms with E-state index >= 15 is 0 Å². The second-order valence-electron chi connectivity index (χ2n) is 3.44. The number of nitriles is 1. The van der Waals surface area contributed by atoms with Crippen molar-refractivity contribution in [1.29, 1.82) is 5.26 Å². The fraction of sp³-hybridized carbons (Fsp3) is 0.300. The molecule has 1 aliphatic rings. The van der Waals surface area contributed by atoms with Crippen molar-refractivity contribution in [3.8, 4) is 6.07 Å². The van der Waals surface area contributed by atoms with Gasteiger partial charge in [0.05, 0.1) is 11.5 Å². The lowest BCUT2D eigenvalue weighted by Gasteiger charge is -2.08. The maximum Gasteiger partial charge on any atom is 0.163 e. The number of hydrogen-bond acceptors (Lipinski definition) is 1. The highest BCUT2D eigenvalue weighted by molar-refractivity contribution is 9.10. The van der Waals surface area contributed by atoms with Gasteiger partial charge in [0, 0.05) is 10.0 Å². The van der Waals surface area contributed by atoms with Crippen LogP contribution in [0.2, 0.25) is 0 Å². The molecule has 0 heterocycles. The van der Waals surface area contributed by atoms with E-state index < -0.39 is 17.0 Å². The first-order chi connectivity index (χ1) is 6.59. The Morgan fingerprint density at radius 1 is 1.36 bits per heavy atom. The molecule has 4 heteroatoms. The van der Waals surface area contributed by atoms with Gasteiger partial charge in [0.1, 0.15) is 0 Å². The van der Waals surface area contributed by atoms with E-state index in [4.69, 9.17) is 5.26 Å². The summed E-state index contributed by atoms with van der Waals surface area (Å²) in [6, 6.07) is 4.58. The smallest absolute Gasteiger partial charge is 0.163 e. The summed E-state index contributed by atoms with van der Waals surface area (Å²) in [5, 5.41) is 8.86. The van der Waals surface area contributed by atoms with Crippen molar-refractivity contribution in [2.75, 3.05) is 0 Å². The van der Waals surface area contributed by atoms with Crippen LogP contribution >= 0.6 is 15.9 Å². The first-order valence-electron chi connectivity index (χ1n) is 4.15. The Bertz CT molecular complexity index is 432. The molecule has 72 valence electrons. The minimum Gasteiger partial charge on any atom is -0.204 e. The van der Waals surface area contributed by atoms with Crippen LogP contribution < -0.4 is 0 Å². The molecule has 0 bridgehead atoms. The molecule has 0 atom stereocenters. The Morgan fingerprint density at radius 2 is 2.00 bits per heavy atom. The standard InChI is InChI=1S/C10H6BrF2N/c11-6-3-7(9(13)8(12)4-6)10(5-14)1-2-10/h3-4H,1-2H2. The molecule has 0 saturated heterocycles. The second kappa shape index (κ2) is 3.03. The van der Waals surface area contributed by atoms with Crippen LogP contribution in [0.15, 0.2) is 16.6 Å². The third kappa shape index (κ3) is 1.32. The van der Waals surface area contributed by atoms with Gasteiger partial charge in [0.2, 0.25) is 0 Å². The summed E-state index contributed by atoms with van der Waals surface area (Å²) in [5.74, 6) is -1.80. The predicted molar refractivity (Wildman–Crippen MR) is 50.6 cm³/mol. The number of benzene rings is 1. The summed E-state index contributed by atoms with van der Waals surface area (Å²) in [4.78, 5) is 0. The van der Waals surface area contributed by atoms with Gasteiger partial charge < -0.3 is 0 Å². The normalized spacial score (nSPS) is 17.6. The highest BCUT2D eigenvalue weighted by Gasteiger charge is 2.47. The van der Waals surface area contributed by atoms with Crippen molar-refractivity contribution in [1.82, 2.24) is 0 Å². The summed E-state index contributed by atoms with van der Waals surface area (Å²) in [5.41, 5.74) is -0.610. The number of nitrogens with zero attached hydrogens (tertiary/aromatic N) is 1. The SMILES string of the molecule is N#CC1(c2cc(Br)cc(F)c2F)CC1. The van der Waals surface area contributed by atoms with Gasteiger partial charge in [-0.3, -0.25) is 0 Å². The van der Waals surface area contributed by atoms with Crippen LogP contribution in [-0.4, -0.2) is 0 Å². The van der Waals surface area contributed by atoms with Crippen LogP contribution in [-0.2, 0) is 5.41 Å². The molecule has 1 aliphatic carbocycles. The summed E-state index contributed by atoms with van der Waals surface area (Å²) < 4.78 is 26.8. The minimum atomic E-state index is -0.907. The molecule has 1 nitrogen and oxygen atoms in total. The van der Waals surface area contributed by atoms with Gasteiger partial charge in [0.15, 0.2) is 11.6 Å². The van der Waals surface area contributed by atoms with Crippen molar-refractivity contribution in [3.63, 3.8) is 0 Å². The average Bonchev–Trinajstić information content (AvgIpc) is 2.92. The zero-order valence-electron chi connectivity index (χ0n) is 7.15. The van der Waals surface area contributed by atoms with Crippen LogP contribution in [0.4, 0.5) is 8.78 Å². The van der Waals surface area contributed by atoms with E-state index in [0.29, 0.717) is 17.3 Å². The van der Waals surface area contributed by atoms with Crippen LogP contribution in [0.25, 0.3) is 0 Å². The van der Waals surface area contributed by atoms with Crippen molar-refractivity contribution >= 4 is 15.9 Å². The van der Waals surface area contributed by atoms with E-state index in [2.05, 4.69) is 15.9 Å². The van der Waals surface area contributed by atoms with Crippen LogP contribution in [0.1, 0.15) is 18.4 Å². The summed E-state index contributed by atoms with van der Waals surface area (Å²) in [6.45, 7) is 0. The van der Waals surface area contributed by atoms with E-state index in [9.17, 15) is 8.78 Å². The molecule has 14 heavy (non-hydrogen) atoms. The molecule has 0 aromatic heterocycles. The lowest BCUT2D eigenvalue weighted by Crippen LogP contribution is -2.07. The van der Waals surface area contributed by atoms with Gasteiger partial charge in [-0.1, -0.05) is 15.9 Å². The Balaban J connectivity index is 2.59. The fourth-order valence-electron chi connectivity index (χ4n) is 1.47. The third-order valence-electron chi connectivity index (χ3n) is 2.47. The summed E-state index contributed by atoms with van der Waals surface area (Å²) >= 11 is 3.08. The molecule has 1 fully saturated rings. The molecular formula is C10H6BrF2N. The van der Waals surface area contributed by atoms with Gasteiger partial charge in [-0.05, 0) is 25.0 Å². The monoisotopic (exact) mass is 257 g/mol. The molecule has 0 amide bonds. The zero-order valence-corrected chi connectivity index (χ0v) is 8.74. The fourth-order valence-corrected chi connectivity index (χ4v) is 1.90. The molecule has 0 radical (unpaired) electrons. The summed E-state index contributed by atoms with van der Waals surface area (Å²) in [6.07, 6.45) is 1.21. The zero-order chi connectivity index (χ0) is 10.3. The molecular weight excluding hydrogens is 252 g/mol. The van der Waals surface area contributed by atoms with Gasteiger partial charge in [-0.2, -0.15) is 5.26 Å². The molecule has 1 aromatic carbocycles. The maximum atomic E-state index is 13.4. The molecule has 0 unspecified atom stereocenters. The maximum absolute atomic E-state index is 13.4. The van der Waals surface area contributed by atoms with E-state index in [-0.39, 0.29) is 5.56 Å². The summed E-state index contributed by atoms with van der Waals surface area (Å²) in [7, 11) is 0. The molecule has 1 aromatic rings. The van der Waals surface area contributed by atoms with Gasteiger partial charge in [-0.15, -0.1) is 0 Å². The van der Waals surface area contributed by atoms with E-state index in [1.807, 2.05) is 6.07 Å². The average molecular weight is 258 g/mol. The van der Waals surface area contributed by atoms with E-state index in [1.54, 1.807) is 0 Å². The van der Waals surface area contributed by atoms with Crippen molar-refractivity contribution in [3.05, 3.63) is 33.8 Å². The second-order valence-corrected chi connectivity index (χ2v) is 4.36. The molecule has 1 saturated carbocycles. The third-order valence-corrected chi connectivity index (χ3v) is 2.93. The minimum absolute atomic E-state index is 0.173. The van der Waals surface area contributed by atoms with E-state index in [1.165, 1.54) is 6.07 Å². The van der Waals surface area contributed by atoms with E-state index in [0.717, 1.165) is 6.07 Å². The first-order valence-corrected chi connectivity index (χ1v) is 4.95. The number of rotatable bonds is 1. The van der Waals surface area contributed by atoms with Crippen molar-refractivity contribution < 1.29 is 8.78 Å². The van der Waals surface area contributed by atoms with Gasteiger partial charge in [-0.25, -0.2) is 8.78 Å². The Labute approximate surface area is 88.5 Å². The number of hydrogen-bond donors (Lipinski definition) is 0. The van der Waals surface area contributed by atoms with Crippen LogP contribution in [0.5, 0.6) is 0 Å². The Hall–Kier alpha value is -0.950. The molecule has 0 spiro atoms. The first kappa shape index (κ1) is 9.60. The van der Waals surface area contributed by atoms with Crippen LogP contribution in [0.3, 0.4) is 0 Å². The Morgan fingerprint density at radius 3 is 2.50 bits per heavy atom. The lowest BCUT2D eigenvalue weighted by atomic mass is 9.97. The molecule has 0 aliphatic heterocycles.